The number of amides is 1. The first kappa shape index (κ1) is 27.6. The van der Waals surface area contributed by atoms with E-state index in [4.69, 9.17) is 19.6 Å². The fourth-order valence-electron chi connectivity index (χ4n) is 4.31. The average molecular weight is 578 g/mol. The lowest BCUT2D eigenvalue weighted by Crippen LogP contribution is -2.48. The summed E-state index contributed by atoms with van der Waals surface area (Å²) in [5, 5.41) is 12.1. The van der Waals surface area contributed by atoms with Crippen molar-refractivity contribution in [1.29, 1.82) is 0 Å². The van der Waals surface area contributed by atoms with Gasteiger partial charge in [-0.1, -0.05) is 83.5 Å². The number of ether oxygens (including phenoxy) is 2. The Morgan fingerprint density at radius 2 is 1.84 bits per heavy atom. The van der Waals surface area contributed by atoms with Crippen molar-refractivity contribution in [2.45, 2.75) is 37.8 Å². The number of nitrogens with one attached hydrogen (secondary N) is 1. The summed E-state index contributed by atoms with van der Waals surface area (Å²) in [6.45, 7) is 3.10. The molecule has 3 aromatic rings. The number of aliphatic hydroxyl groups excluding tert-OH is 1. The van der Waals surface area contributed by atoms with Crippen molar-refractivity contribution in [3.63, 3.8) is 0 Å². The van der Waals surface area contributed by atoms with Crippen molar-refractivity contribution in [1.82, 2.24) is 5.32 Å². The zero-order valence-electron chi connectivity index (χ0n) is 21.5. The van der Waals surface area contributed by atoms with Crippen molar-refractivity contribution in [2.75, 3.05) is 19.8 Å². The van der Waals surface area contributed by atoms with Crippen LogP contribution in [0.15, 0.2) is 94.4 Å². The Morgan fingerprint density at radius 1 is 1.11 bits per heavy atom. The highest BCUT2D eigenvalue weighted by Gasteiger charge is 2.52. The van der Waals surface area contributed by atoms with Gasteiger partial charge in [0.2, 0.25) is 5.90 Å². The predicted molar refractivity (Wildman–Crippen MR) is 154 cm³/mol. The van der Waals surface area contributed by atoms with Crippen LogP contribution in [0.3, 0.4) is 0 Å². The number of benzene rings is 3. The Morgan fingerprint density at radius 3 is 2.55 bits per heavy atom. The quantitative estimate of drug-likeness (QED) is 0.255. The van der Waals surface area contributed by atoms with Crippen molar-refractivity contribution >= 4 is 33.8 Å². The molecular formula is C31H33BrN2O4. The smallest absolute Gasteiger partial charge is 0.252 e. The van der Waals surface area contributed by atoms with E-state index in [1.165, 1.54) is 0 Å². The highest BCUT2D eigenvalue weighted by molar-refractivity contribution is 9.10. The molecule has 0 radical (unpaired) electrons. The summed E-state index contributed by atoms with van der Waals surface area (Å²) >= 11 is 3.67. The van der Waals surface area contributed by atoms with Gasteiger partial charge in [-0.2, -0.15) is 0 Å². The first-order valence-electron chi connectivity index (χ1n) is 12.9. The van der Waals surface area contributed by atoms with Crippen LogP contribution < -0.4 is 10.1 Å². The van der Waals surface area contributed by atoms with Gasteiger partial charge >= 0.3 is 0 Å². The van der Waals surface area contributed by atoms with Crippen LogP contribution in [0, 0.1) is 0 Å². The SMILES string of the molecule is CCCNC(=O)[C@]1(C/C=C/c2ccccc2)N=C(c2ccc(OCCCO)cc2)O[C@@H]1c1ccccc1Br. The Balaban J connectivity index is 1.73. The molecule has 1 aliphatic rings. The van der Waals surface area contributed by atoms with Crippen LogP contribution in [-0.2, 0) is 9.53 Å². The van der Waals surface area contributed by atoms with Gasteiger partial charge in [-0.05, 0) is 42.3 Å². The van der Waals surface area contributed by atoms with Crippen LogP contribution in [0.25, 0.3) is 6.08 Å². The van der Waals surface area contributed by atoms with Gasteiger partial charge in [0.05, 0.1) is 6.61 Å². The highest BCUT2D eigenvalue weighted by Crippen LogP contribution is 2.45. The van der Waals surface area contributed by atoms with E-state index in [0.717, 1.165) is 27.6 Å². The molecule has 1 heterocycles. The summed E-state index contributed by atoms with van der Waals surface area (Å²) in [5.41, 5.74) is 1.47. The van der Waals surface area contributed by atoms with Crippen LogP contribution in [0.2, 0.25) is 0 Å². The van der Waals surface area contributed by atoms with Crippen molar-refractivity contribution in [2.24, 2.45) is 4.99 Å². The van der Waals surface area contributed by atoms with Gasteiger partial charge in [0, 0.05) is 41.6 Å². The number of nitrogens with zero attached hydrogens (tertiary/aromatic N) is 1. The summed E-state index contributed by atoms with van der Waals surface area (Å²) in [5.74, 6) is 0.935. The van der Waals surface area contributed by atoms with Crippen LogP contribution in [0.1, 0.15) is 49.0 Å². The van der Waals surface area contributed by atoms with Crippen LogP contribution in [0.4, 0.5) is 0 Å². The Bertz CT molecular complexity index is 1260. The summed E-state index contributed by atoms with van der Waals surface area (Å²) in [6.07, 6.45) is 5.12. The van der Waals surface area contributed by atoms with E-state index in [1.807, 2.05) is 97.9 Å². The second kappa shape index (κ2) is 13.4. The summed E-state index contributed by atoms with van der Waals surface area (Å²) < 4.78 is 13.0. The van der Waals surface area contributed by atoms with E-state index < -0.39 is 11.6 Å². The molecule has 0 aliphatic carbocycles. The lowest BCUT2D eigenvalue weighted by molar-refractivity contribution is -0.128. The first-order chi connectivity index (χ1) is 18.6. The molecule has 38 heavy (non-hydrogen) atoms. The maximum absolute atomic E-state index is 13.9. The lowest BCUT2D eigenvalue weighted by Gasteiger charge is -2.30. The predicted octanol–water partition coefficient (Wildman–Crippen LogP) is 6.10. The number of rotatable bonds is 12. The molecule has 3 aromatic carbocycles. The molecule has 1 amide bonds. The van der Waals surface area contributed by atoms with Crippen LogP contribution >= 0.6 is 15.9 Å². The topological polar surface area (TPSA) is 80.2 Å². The van der Waals surface area contributed by atoms with Crippen molar-refractivity contribution < 1.29 is 19.4 Å². The van der Waals surface area contributed by atoms with Gasteiger partial charge in [0.15, 0.2) is 11.6 Å². The highest BCUT2D eigenvalue weighted by atomic mass is 79.9. The molecule has 2 N–H and O–H groups in total. The van der Waals surface area contributed by atoms with Crippen molar-refractivity contribution in [3.05, 3.63) is 106 Å². The van der Waals surface area contributed by atoms with Gasteiger partial charge in [0.1, 0.15) is 5.75 Å². The van der Waals surface area contributed by atoms with Gasteiger partial charge in [-0.3, -0.25) is 4.79 Å². The van der Waals surface area contributed by atoms with Crippen LogP contribution in [0.5, 0.6) is 5.75 Å². The van der Waals surface area contributed by atoms with E-state index in [2.05, 4.69) is 21.2 Å². The van der Waals surface area contributed by atoms with Crippen LogP contribution in [-0.4, -0.2) is 42.2 Å². The van der Waals surface area contributed by atoms with Gasteiger partial charge in [0.25, 0.3) is 5.91 Å². The molecule has 7 heteroatoms. The van der Waals surface area contributed by atoms with E-state index in [0.29, 0.717) is 37.6 Å². The zero-order chi connectivity index (χ0) is 26.8. The second-order valence-electron chi connectivity index (χ2n) is 9.08. The van der Waals surface area contributed by atoms with Gasteiger partial charge < -0.3 is 19.9 Å². The fourth-order valence-corrected chi connectivity index (χ4v) is 4.80. The van der Waals surface area contributed by atoms with Gasteiger partial charge in [-0.25, -0.2) is 4.99 Å². The number of carbonyl (C=O) groups is 1. The third kappa shape index (κ3) is 6.52. The number of aliphatic hydroxyl groups is 1. The minimum Gasteiger partial charge on any atom is -0.494 e. The molecule has 0 aromatic heterocycles. The first-order valence-corrected chi connectivity index (χ1v) is 13.7. The van der Waals surface area contributed by atoms with E-state index in [1.54, 1.807) is 0 Å². The van der Waals surface area contributed by atoms with Crippen molar-refractivity contribution in [3.8, 4) is 5.75 Å². The minimum atomic E-state index is -1.20. The summed E-state index contributed by atoms with van der Waals surface area (Å²) in [4.78, 5) is 18.9. The monoisotopic (exact) mass is 576 g/mol. The molecule has 0 spiro atoms. The molecule has 6 nitrogen and oxygen atoms in total. The average Bonchev–Trinajstić information content (AvgIpc) is 3.33. The molecular weight excluding hydrogens is 544 g/mol. The van der Waals surface area contributed by atoms with E-state index in [-0.39, 0.29) is 12.5 Å². The third-order valence-corrected chi connectivity index (χ3v) is 7.01. The molecule has 198 valence electrons. The molecule has 4 rings (SSSR count). The Hall–Kier alpha value is -3.42. The van der Waals surface area contributed by atoms with E-state index >= 15 is 0 Å². The second-order valence-corrected chi connectivity index (χ2v) is 9.94. The Kier molecular flexibility index (Phi) is 9.73. The molecule has 0 saturated carbocycles. The summed E-state index contributed by atoms with van der Waals surface area (Å²) in [6, 6.07) is 25.2. The normalized spacial score (nSPS) is 18.7. The number of aliphatic imine (C=N–C) groups is 1. The van der Waals surface area contributed by atoms with Gasteiger partial charge in [-0.15, -0.1) is 0 Å². The number of hydrogen-bond acceptors (Lipinski definition) is 5. The molecule has 0 fully saturated rings. The minimum absolute atomic E-state index is 0.0834. The molecule has 1 aliphatic heterocycles. The van der Waals surface area contributed by atoms with E-state index in [9.17, 15) is 4.79 Å². The maximum Gasteiger partial charge on any atom is 0.252 e. The zero-order valence-corrected chi connectivity index (χ0v) is 23.1. The lowest BCUT2D eigenvalue weighted by atomic mass is 9.84. The number of carbonyl (C=O) groups excluding carboxylic acids is 1. The maximum atomic E-state index is 13.9. The largest absolute Gasteiger partial charge is 0.494 e. The molecule has 0 unspecified atom stereocenters. The third-order valence-electron chi connectivity index (χ3n) is 6.29. The summed E-state index contributed by atoms with van der Waals surface area (Å²) in [7, 11) is 0. The molecule has 0 saturated heterocycles. The standard InChI is InChI=1S/C31H33BrN2O4/c1-2-20-33-30(36)31(19-8-12-23-10-4-3-5-11-23)28(26-13-6-7-14-27(26)32)38-29(34-31)24-15-17-25(18-16-24)37-22-9-21-35/h3-8,10-18,28,35H,2,9,19-22H2,1H3,(H,33,36)/b12-8+/t28-,31-/m1/s1. The number of hydrogen-bond donors (Lipinski definition) is 2. The molecule has 0 bridgehead atoms. The number of halogens is 1. The fraction of sp³-hybridized carbons (Fsp3) is 0.290. The molecule has 2 atom stereocenters. The Labute approximate surface area is 232 Å².